The lowest BCUT2D eigenvalue weighted by atomic mass is 10.1. The second-order valence-electron chi connectivity index (χ2n) is 7.72. The Morgan fingerprint density at radius 3 is 2.56 bits per heavy atom. The van der Waals surface area contributed by atoms with Crippen molar-refractivity contribution in [1.82, 2.24) is 19.9 Å². The monoisotopic (exact) mass is 471 g/mol. The van der Waals surface area contributed by atoms with E-state index < -0.39 is 17.7 Å². The van der Waals surface area contributed by atoms with Crippen molar-refractivity contribution in [1.29, 1.82) is 0 Å². The molecule has 1 N–H and O–H groups in total. The summed E-state index contributed by atoms with van der Waals surface area (Å²) in [6, 6.07) is 9.25. The van der Waals surface area contributed by atoms with Gasteiger partial charge in [0.15, 0.2) is 5.82 Å². The molecule has 11 heteroatoms. The van der Waals surface area contributed by atoms with Crippen LogP contribution in [0.3, 0.4) is 0 Å². The molecule has 0 bridgehead atoms. The van der Waals surface area contributed by atoms with Crippen LogP contribution in [0.15, 0.2) is 47.0 Å². The molecule has 0 atom stereocenters. The molecule has 3 aromatic rings. The Kier molecular flexibility index (Phi) is 7.12. The van der Waals surface area contributed by atoms with Crippen LogP contribution in [0, 0.1) is 11.6 Å². The number of nitrogens with one attached hydrogen (secondary N) is 1. The van der Waals surface area contributed by atoms with Gasteiger partial charge >= 0.3 is 6.03 Å². The van der Waals surface area contributed by atoms with E-state index in [2.05, 4.69) is 15.5 Å². The van der Waals surface area contributed by atoms with Crippen LogP contribution in [0.4, 0.5) is 19.3 Å². The van der Waals surface area contributed by atoms with E-state index in [1.54, 1.807) is 29.2 Å². The molecule has 4 rings (SSSR count). The topological polar surface area (TPSA) is 101 Å². The third kappa shape index (κ3) is 5.54. The summed E-state index contributed by atoms with van der Waals surface area (Å²) >= 11 is 0. The van der Waals surface area contributed by atoms with Gasteiger partial charge in [-0.15, -0.1) is 0 Å². The predicted octanol–water partition coefficient (Wildman–Crippen LogP) is 3.19. The number of amides is 3. The SMILES string of the molecule is CN(CCc1noc(-c2ccc(C(=O)N3CCOCC3)cc2)n1)C(=O)Nc1ccc(F)cc1F. The number of likely N-dealkylation sites (N-methyl/N-ethyl adjacent to an activating group) is 1. The molecule has 1 saturated heterocycles. The average Bonchev–Trinajstić information content (AvgIpc) is 3.33. The van der Waals surface area contributed by atoms with Gasteiger partial charge in [-0.1, -0.05) is 5.16 Å². The van der Waals surface area contributed by atoms with Crippen LogP contribution in [0.2, 0.25) is 0 Å². The summed E-state index contributed by atoms with van der Waals surface area (Å²) < 4.78 is 37.3. The number of carbonyl (C=O) groups excluding carboxylic acids is 2. The number of halogens is 2. The van der Waals surface area contributed by atoms with Crippen LogP contribution >= 0.6 is 0 Å². The van der Waals surface area contributed by atoms with E-state index in [1.165, 1.54) is 11.9 Å². The Morgan fingerprint density at radius 2 is 1.85 bits per heavy atom. The lowest BCUT2D eigenvalue weighted by Crippen LogP contribution is -2.40. The molecular weight excluding hydrogens is 448 g/mol. The van der Waals surface area contributed by atoms with Crippen molar-refractivity contribution in [2.75, 3.05) is 45.2 Å². The molecule has 2 heterocycles. The summed E-state index contributed by atoms with van der Waals surface area (Å²) in [5.74, 6) is -0.961. The number of benzene rings is 2. The van der Waals surface area contributed by atoms with E-state index in [0.29, 0.717) is 61.6 Å². The van der Waals surface area contributed by atoms with Gasteiger partial charge in [-0.3, -0.25) is 4.79 Å². The van der Waals surface area contributed by atoms with Crippen molar-refractivity contribution in [3.63, 3.8) is 0 Å². The molecule has 1 aliphatic heterocycles. The summed E-state index contributed by atoms with van der Waals surface area (Å²) in [6.07, 6.45) is 0.299. The molecule has 0 saturated carbocycles. The van der Waals surface area contributed by atoms with Gasteiger partial charge in [-0.2, -0.15) is 4.98 Å². The summed E-state index contributed by atoms with van der Waals surface area (Å²) in [6.45, 7) is 2.45. The highest BCUT2D eigenvalue weighted by Gasteiger charge is 2.19. The molecule has 0 radical (unpaired) electrons. The molecule has 1 fully saturated rings. The molecule has 178 valence electrons. The van der Waals surface area contributed by atoms with E-state index in [9.17, 15) is 18.4 Å². The summed E-state index contributed by atoms with van der Waals surface area (Å²) in [5, 5.41) is 6.31. The van der Waals surface area contributed by atoms with Gasteiger partial charge in [0.05, 0.1) is 18.9 Å². The smallest absolute Gasteiger partial charge is 0.321 e. The van der Waals surface area contributed by atoms with Gasteiger partial charge in [0.2, 0.25) is 0 Å². The highest BCUT2D eigenvalue weighted by Crippen LogP contribution is 2.19. The first-order chi connectivity index (χ1) is 16.4. The second-order valence-corrected chi connectivity index (χ2v) is 7.72. The summed E-state index contributed by atoms with van der Waals surface area (Å²) in [4.78, 5) is 32.2. The van der Waals surface area contributed by atoms with Crippen LogP contribution in [0.5, 0.6) is 0 Å². The first-order valence-corrected chi connectivity index (χ1v) is 10.7. The molecule has 2 aromatic carbocycles. The minimum atomic E-state index is -0.859. The van der Waals surface area contributed by atoms with E-state index in [4.69, 9.17) is 9.26 Å². The molecule has 3 amide bonds. The average molecular weight is 471 g/mol. The van der Waals surface area contributed by atoms with E-state index in [0.717, 1.165) is 12.1 Å². The Labute approximate surface area is 194 Å². The molecule has 9 nitrogen and oxygen atoms in total. The molecule has 0 aliphatic carbocycles. The lowest BCUT2D eigenvalue weighted by molar-refractivity contribution is 0.0303. The van der Waals surface area contributed by atoms with Gasteiger partial charge in [0, 0.05) is 50.3 Å². The lowest BCUT2D eigenvalue weighted by Gasteiger charge is -2.26. The number of carbonyl (C=O) groups is 2. The first kappa shape index (κ1) is 23.3. The van der Waals surface area contributed by atoms with E-state index in [1.807, 2.05) is 0 Å². The molecule has 0 unspecified atom stereocenters. The quantitative estimate of drug-likeness (QED) is 0.593. The minimum Gasteiger partial charge on any atom is -0.378 e. The van der Waals surface area contributed by atoms with Crippen LogP contribution in [0.1, 0.15) is 16.2 Å². The second kappa shape index (κ2) is 10.4. The standard InChI is InChI=1S/C23H23F2N5O4/c1-29(23(32)26-19-7-6-17(24)14-18(19)25)9-8-20-27-21(34-28-20)15-2-4-16(5-3-15)22(31)30-10-12-33-13-11-30/h2-7,14H,8-13H2,1H3,(H,26,32). The number of hydrogen-bond donors (Lipinski definition) is 1. The van der Waals surface area contributed by atoms with Gasteiger partial charge in [0.1, 0.15) is 11.6 Å². The number of aromatic nitrogens is 2. The highest BCUT2D eigenvalue weighted by atomic mass is 19.1. The van der Waals surface area contributed by atoms with Crippen molar-refractivity contribution < 1.29 is 27.6 Å². The largest absolute Gasteiger partial charge is 0.378 e. The molecule has 34 heavy (non-hydrogen) atoms. The fourth-order valence-corrected chi connectivity index (χ4v) is 3.35. The van der Waals surface area contributed by atoms with Crippen molar-refractivity contribution in [2.45, 2.75) is 6.42 Å². The number of anilines is 1. The Morgan fingerprint density at radius 1 is 1.12 bits per heavy atom. The highest BCUT2D eigenvalue weighted by molar-refractivity contribution is 5.94. The predicted molar refractivity (Wildman–Crippen MR) is 118 cm³/mol. The van der Waals surface area contributed by atoms with Gasteiger partial charge in [-0.05, 0) is 36.4 Å². The van der Waals surface area contributed by atoms with Gasteiger partial charge < -0.3 is 24.4 Å². The van der Waals surface area contributed by atoms with Gasteiger partial charge in [0.25, 0.3) is 11.8 Å². The van der Waals surface area contributed by atoms with Crippen molar-refractivity contribution in [2.24, 2.45) is 0 Å². The van der Waals surface area contributed by atoms with E-state index in [-0.39, 0.29) is 18.1 Å². The number of ether oxygens (including phenoxy) is 1. The summed E-state index contributed by atoms with van der Waals surface area (Å²) in [5.41, 5.74) is 1.11. The number of nitrogens with zero attached hydrogens (tertiary/aromatic N) is 4. The fraction of sp³-hybridized carbons (Fsp3) is 0.304. The minimum absolute atomic E-state index is 0.0529. The zero-order valence-electron chi connectivity index (χ0n) is 18.5. The Balaban J connectivity index is 1.31. The van der Waals surface area contributed by atoms with Crippen LogP contribution in [-0.2, 0) is 11.2 Å². The maximum atomic E-state index is 13.7. The maximum absolute atomic E-state index is 13.7. The van der Waals surface area contributed by atoms with Crippen LogP contribution in [-0.4, -0.2) is 71.8 Å². The maximum Gasteiger partial charge on any atom is 0.321 e. The number of hydrogen-bond acceptors (Lipinski definition) is 6. The normalized spacial score (nSPS) is 13.6. The molecular formula is C23H23F2N5O4. The van der Waals surface area contributed by atoms with Crippen LogP contribution < -0.4 is 5.32 Å². The number of morpholine rings is 1. The zero-order chi connectivity index (χ0) is 24.1. The Bertz CT molecular complexity index is 1160. The van der Waals surface area contributed by atoms with Crippen LogP contribution in [0.25, 0.3) is 11.5 Å². The van der Waals surface area contributed by atoms with Gasteiger partial charge in [-0.25, -0.2) is 13.6 Å². The number of rotatable bonds is 6. The third-order valence-electron chi connectivity index (χ3n) is 5.34. The van der Waals surface area contributed by atoms with Crippen molar-refractivity contribution >= 4 is 17.6 Å². The third-order valence-corrected chi connectivity index (χ3v) is 5.34. The first-order valence-electron chi connectivity index (χ1n) is 10.7. The zero-order valence-corrected chi connectivity index (χ0v) is 18.5. The fourth-order valence-electron chi connectivity index (χ4n) is 3.35. The number of urea groups is 1. The van der Waals surface area contributed by atoms with Crippen molar-refractivity contribution in [3.05, 3.63) is 65.5 Å². The van der Waals surface area contributed by atoms with E-state index >= 15 is 0 Å². The molecule has 0 spiro atoms. The summed E-state index contributed by atoms with van der Waals surface area (Å²) in [7, 11) is 1.53. The van der Waals surface area contributed by atoms with Crippen molar-refractivity contribution in [3.8, 4) is 11.5 Å². The molecule has 1 aromatic heterocycles. The molecule has 1 aliphatic rings. The Hall–Kier alpha value is -3.86.